The average molecular weight is 242 g/mol. The van der Waals surface area contributed by atoms with E-state index in [1.165, 1.54) is 13.0 Å². The third kappa shape index (κ3) is 3.78. The van der Waals surface area contributed by atoms with Crippen LogP contribution in [0.15, 0.2) is 12.1 Å². The van der Waals surface area contributed by atoms with E-state index in [1.54, 1.807) is 0 Å². The van der Waals surface area contributed by atoms with E-state index in [4.69, 9.17) is 0 Å². The van der Waals surface area contributed by atoms with Crippen molar-refractivity contribution in [2.45, 2.75) is 26.8 Å². The van der Waals surface area contributed by atoms with Gasteiger partial charge in [0, 0.05) is 6.04 Å². The zero-order valence-electron chi connectivity index (χ0n) is 10.1. The molecule has 0 saturated carbocycles. The van der Waals surface area contributed by atoms with E-state index in [-0.39, 0.29) is 18.3 Å². The van der Waals surface area contributed by atoms with Crippen molar-refractivity contribution in [2.75, 3.05) is 11.9 Å². The first-order chi connectivity index (χ1) is 7.91. The fourth-order valence-electron chi connectivity index (χ4n) is 1.25. The molecule has 1 aromatic rings. The summed E-state index contributed by atoms with van der Waals surface area (Å²) >= 11 is 0. The minimum atomic E-state index is -0.772. The molecule has 0 heterocycles. The van der Waals surface area contributed by atoms with Gasteiger partial charge in [0.15, 0.2) is 5.82 Å². The Morgan fingerprint density at radius 1 is 1.35 bits per heavy atom. The van der Waals surface area contributed by atoms with Gasteiger partial charge < -0.3 is 10.6 Å². The van der Waals surface area contributed by atoms with E-state index in [1.807, 2.05) is 13.8 Å². The summed E-state index contributed by atoms with van der Waals surface area (Å²) in [5, 5.41) is 5.09. The molecule has 0 radical (unpaired) electrons. The van der Waals surface area contributed by atoms with Crippen LogP contribution in [0.2, 0.25) is 0 Å². The summed E-state index contributed by atoms with van der Waals surface area (Å²) in [5.74, 6) is -1.98. The SMILES string of the molecule is Cc1ccc(F)c(NC(=O)CNC(C)C)c1F. The third-order valence-corrected chi connectivity index (χ3v) is 2.22. The fourth-order valence-corrected chi connectivity index (χ4v) is 1.25. The number of nitrogens with one attached hydrogen (secondary N) is 2. The van der Waals surface area contributed by atoms with Crippen LogP contribution in [-0.4, -0.2) is 18.5 Å². The molecule has 3 nitrogen and oxygen atoms in total. The van der Waals surface area contributed by atoms with E-state index in [0.29, 0.717) is 5.56 Å². The minimum Gasteiger partial charge on any atom is -0.320 e. The molecule has 1 aromatic carbocycles. The molecule has 0 bridgehead atoms. The molecule has 0 atom stereocenters. The highest BCUT2D eigenvalue weighted by Crippen LogP contribution is 2.21. The van der Waals surface area contributed by atoms with E-state index in [9.17, 15) is 13.6 Å². The maximum atomic E-state index is 13.5. The highest BCUT2D eigenvalue weighted by atomic mass is 19.1. The van der Waals surface area contributed by atoms with Crippen molar-refractivity contribution in [3.05, 3.63) is 29.3 Å². The van der Waals surface area contributed by atoms with Gasteiger partial charge >= 0.3 is 0 Å². The van der Waals surface area contributed by atoms with Crippen LogP contribution in [-0.2, 0) is 4.79 Å². The minimum absolute atomic E-state index is 0.0183. The van der Waals surface area contributed by atoms with E-state index < -0.39 is 17.5 Å². The Bertz CT molecular complexity index is 419. The number of carbonyl (C=O) groups is 1. The molecule has 0 fully saturated rings. The zero-order chi connectivity index (χ0) is 13.0. The normalized spacial score (nSPS) is 10.7. The first kappa shape index (κ1) is 13.6. The number of hydrogen-bond donors (Lipinski definition) is 2. The molecule has 17 heavy (non-hydrogen) atoms. The van der Waals surface area contributed by atoms with Gasteiger partial charge in [0.2, 0.25) is 5.91 Å². The van der Waals surface area contributed by atoms with Gasteiger partial charge in [-0.15, -0.1) is 0 Å². The molecule has 0 aromatic heterocycles. The molecule has 0 aliphatic carbocycles. The Morgan fingerprint density at radius 3 is 2.59 bits per heavy atom. The number of rotatable bonds is 4. The Kier molecular flexibility index (Phi) is 4.57. The van der Waals surface area contributed by atoms with Gasteiger partial charge in [0.1, 0.15) is 11.5 Å². The highest BCUT2D eigenvalue weighted by molar-refractivity contribution is 5.92. The molecule has 1 rings (SSSR count). The lowest BCUT2D eigenvalue weighted by atomic mass is 10.2. The Hall–Kier alpha value is -1.49. The number of anilines is 1. The van der Waals surface area contributed by atoms with Crippen molar-refractivity contribution < 1.29 is 13.6 Å². The Labute approximate surface area is 99.2 Å². The van der Waals surface area contributed by atoms with Crippen molar-refractivity contribution in [2.24, 2.45) is 0 Å². The van der Waals surface area contributed by atoms with Crippen LogP contribution < -0.4 is 10.6 Å². The van der Waals surface area contributed by atoms with Crippen molar-refractivity contribution in [1.29, 1.82) is 0 Å². The molecular weight excluding hydrogens is 226 g/mol. The molecule has 5 heteroatoms. The second kappa shape index (κ2) is 5.72. The lowest BCUT2D eigenvalue weighted by Gasteiger charge is -2.11. The molecule has 0 aliphatic rings. The van der Waals surface area contributed by atoms with Crippen LogP contribution >= 0.6 is 0 Å². The van der Waals surface area contributed by atoms with Crippen LogP contribution in [0.5, 0.6) is 0 Å². The molecule has 1 amide bonds. The molecule has 94 valence electrons. The van der Waals surface area contributed by atoms with Crippen LogP contribution in [0.4, 0.5) is 14.5 Å². The van der Waals surface area contributed by atoms with Crippen molar-refractivity contribution in [3.63, 3.8) is 0 Å². The van der Waals surface area contributed by atoms with Crippen LogP contribution in [0, 0.1) is 18.6 Å². The molecule has 0 unspecified atom stereocenters. The number of amides is 1. The molecular formula is C12H16F2N2O. The highest BCUT2D eigenvalue weighted by Gasteiger charge is 2.14. The Balaban J connectivity index is 2.74. The predicted octanol–water partition coefficient (Wildman–Crippen LogP) is 2.21. The van der Waals surface area contributed by atoms with Gasteiger partial charge in [-0.3, -0.25) is 4.79 Å². The summed E-state index contributed by atoms with van der Waals surface area (Å²) in [6, 6.07) is 2.59. The molecule has 0 saturated heterocycles. The maximum absolute atomic E-state index is 13.5. The first-order valence-corrected chi connectivity index (χ1v) is 5.39. The largest absolute Gasteiger partial charge is 0.320 e. The second-order valence-electron chi connectivity index (χ2n) is 4.14. The Morgan fingerprint density at radius 2 is 2.00 bits per heavy atom. The van der Waals surface area contributed by atoms with Crippen LogP contribution in [0.1, 0.15) is 19.4 Å². The number of carbonyl (C=O) groups excluding carboxylic acids is 1. The van der Waals surface area contributed by atoms with Crippen LogP contribution in [0.25, 0.3) is 0 Å². The van der Waals surface area contributed by atoms with Crippen molar-refractivity contribution >= 4 is 11.6 Å². The second-order valence-corrected chi connectivity index (χ2v) is 4.14. The third-order valence-electron chi connectivity index (χ3n) is 2.22. The van der Waals surface area contributed by atoms with Crippen molar-refractivity contribution in [3.8, 4) is 0 Å². The van der Waals surface area contributed by atoms with Gasteiger partial charge in [0.25, 0.3) is 0 Å². The van der Waals surface area contributed by atoms with Gasteiger partial charge in [-0.25, -0.2) is 8.78 Å². The molecule has 2 N–H and O–H groups in total. The van der Waals surface area contributed by atoms with Crippen LogP contribution in [0.3, 0.4) is 0 Å². The number of benzene rings is 1. The van der Waals surface area contributed by atoms with Gasteiger partial charge in [-0.05, 0) is 18.6 Å². The summed E-state index contributed by atoms with van der Waals surface area (Å²) in [6.45, 7) is 5.28. The smallest absolute Gasteiger partial charge is 0.238 e. The molecule has 0 aliphatic heterocycles. The fraction of sp³-hybridized carbons (Fsp3) is 0.417. The summed E-state index contributed by atoms with van der Waals surface area (Å²) < 4.78 is 26.9. The summed E-state index contributed by atoms with van der Waals surface area (Å²) in [7, 11) is 0. The monoisotopic (exact) mass is 242 g/mol. The predicted molar refractivity (Wildman–Crippen MR) is 62.9 cm³/mol. The first-order valence-electron chi connectivity index (χ1n) is 5.39. The van der Waals surface area contributed by atoms with E-state index >= 15 is 0 Å². The number of aryl methyl sites for hydroxylation is 1. The summed E-state index contributed by atoms with van der Waals surface area (Å²) in [4.78, 5) is 11.4. The van der Waals surface area contributed by atoms with Crippen molar-refractivity contribution in [1.82, 2.24) is 5.32 Å². The van der Waals surface area contributed by atoms with Gasteiger partial charge in [-0.1, -0.05) is 19.9 Å². The maximum Gasteiger partial charge on any atom is 0.238 e. The standard InChI is InChI=1S/C12H16F2N2O/c1-7(2)15-6-10(17)16-12-9(13)5-4-8(3)11(12)14/h4-5,7,15H,6H2,1-3H3,(H,16,17). The summed E-state index contributed by atoms with van der Waals surface area (Å²) in [5.41, 5.74) is -0.0981. The number of hydrogen-bond acceptors (Lipinski definition) is 2. The van der Waals surface area contributed by atoms with E-state index in [0.717, 1.165) is 6.07 Å². The molecule has 0 spiro atoms. The van der Waals surface area contributed by atoms with Gasteiger partial charge in [0.05, 0.1) is 6.54 Å². The average Bonchev–Trinajstić information content (AvgIpc) is 2.27. The number of halogens is 2. The lowest BCUT2D eigenvalue weighted by molar-refractivity contribution is -0.115. The van der Waals surface area contributed by atoms with Gasteiger partial charge in [-0.2, -0.15) is 0 Å². The quantitative estimate of drug-likeness (QED) is 0.850. The summed E-state index contributed by atoms with van der Waals surface area (Å²) in [6.07, 6.45) is 0. The van der Waals surface area contributed by atoms with E-state index in [2.05, 4.69) is 10.6 Å². The lowest BCUT2D eigenvalue weighted by Crippen LogP contribution is -2.33. The zero-order valence-corrected chi connectivity index (χ0v) is 10.1. The topological polar surface area (TPSA) is 41.1 Å².